The van der Waals surface area contributed by atoms with Crippen LogP contribution < -0.4 is 10.5 Å². The maximum absolute atomic E-state index is 11.9. The number of nitrogens with two attached hydrogens (primary N) is 1. The van der Waals surface area contributed by atoms with Crippen molar-refractivity contribution < 1.29 is 26.3 Å². The second-order valence-electron chi connectivity index (χ2n) is 3.88. The SMILES string of the molecule is NCc1ccccc1S(=O)(=O)NCCOCC(F)(F)F. The summed E-state index contributed by atoms with van der Waals surface area (Å²) in [4.78, 5) is 0.0123. The largest absolute Gasteiger partial charge is 0.411 e. The molecule has 9 heteroatoms. The average molecular weight is 312 g/mol. The zero-order valence-corrected chi connectivity index (χ0v) is 11.3. The van der Waals surface area contributed by atoms with Gasteiger partial charge in [0.1, 0.15) is 6.61 Å². The van der Waals surface area contributed by atoms with Gasteiger partial charge in [-0.25, -0.2) is 13.1 Å². The Kier molecular flexibility index (Phi) is 5.93. The third-order valence-electron chi connectivity index (χ3n) is 2.29. The Balaban J connectivity index is 2.54. The van der Waals surface area contributed by atoms with E-state index in [2.05, 4.69) is 9.46 Å². The van der Waals surface area contributed by atoms with Crippen LogP contribution in [0.1, 0.15) is 5.56 Å². The van der Waals surface area contributed by atoms with Crippen LogP contribution in [0.4, 0.5) is 13.2 Å². The minimum atomic E-state index is -4.43. The van der Waals surface area contributed by atoms with E-state index in [4.69, 9.17) is 5.73 Å². The van der Waals surface area contributed by atoms with Gasteiger partial charge in [-0.05, 0) is 11.6 Å². The topological polar surface area (TPSA) is 81.4 Å². The summed E-state index contributed by atoms with van der Waals surface area (Å²) in [5.41, 5.74) is 5.86. The molecule has 0 atom stereocenters. The Morgan fingerprint density at radius 2 is 1.90 bits per heavy atom. The van der Waals surface area contributed by atoms with Crippen molar-refractivity contribution in [1.82, 2.24) is 4.72 Å². The second-order valence-corrected chi connectivity index (χ2v) is 5.61. The standard InChI is InChI=1S/C11H15F3N2O3S/c12-11(13,14)8-19-6-5-16-20(17,18)10-4-2-1-3-9(10)7-15/h1-4,16H,5-8,15H2. The molecule has 0 aromatic heterocycles. The molecule has 0 saturated carbocycles. The van der Waals surface area contributed by atoms with Gasteiger partial charge in [0, 0.05) is 13.1 Å². The molecule has 0 aliphatic heterocycles. The number of sulfonamides is 1. The molecule has 3 N–H and O–H groups in total. The van der Waals surface area contributed by atoms with Gasteiger partial charge < -0.3 is 10.5 Å². The minimum absolute atomic E-state index is 0.0123. The van der Waals surface area contributed by atoms with Crippen LogP contribution in [-0.4, -0.2) is 34.4 Å². The first-order chi connectivity index (χ1) is 9.26. The molecule has 0 aliphatic rings. The van der Waals surface area contributed by atoms with Crippen LogP contribution in [-0.2, 0) is 21.3 Å². The minimum Gasteiger partial charge on any atom is -0.371 e. The summed E-state index contributed by atoms with van der Waals surface area (Å²) < 4.78 is 65.7. The Morgan fingerprint density at radius 1 is 1.25 bits per heavy atom. The lowest BCUT2D eigenvalue weighted by atomic mass is 10.2. The van der Waals surface area contributed by atoms with E-state index in [0.717, 1.165) is 0 Å². The highest BCUT2D eigenvalue weighted by atomic mass is 32.2. The van der Waals surface area contributed by atoms with Gasteiger partial charge in [0.15, 0.2) is 0 Å². The molecule has 0 aliphatic carbocycles. The molecule has 0 radical (unpaired) electrons. The lowest BCUT2D eigenvalue weighted by molar-refractivity contribution is -0.173. The lowest BCUT2D eigenvalue weighted by Gasteiger charge is -2.11. The Labute approximate surface area is 115 Å². The molecule has 20 heavy (non-hydrogen) atoms. The van der Waals surface area contributed by atoms with Crippen molar-refractivity contribution in [2.24, 2.45) is 5.73 Å². The molecule has 0 heterocycles. The fourth-order valence-electron chi connectivity index (χ4n) is 1.45. The first kappa shape index (κ1) is 16.9. The van der Waals surface area contributed by atoms with E-state index in [0.29, 0.717) is 5.56 Å². The Hall–Kier alpha value is -1.16. The van der Waals surface area contributed by atoms with Gasteiger partial charge in [-0.15, -0.1) is 0 Å². The fourth-order valence-corrected chi connectivity index (χ4v) is 2.71. The highest BCUT2D eigenvalue weighted by molar-refractivity contribution is 7.89. The van der Waals surface area contributed by atoms with Gasteiger partial charge in [0.05, 0.1) is 11.5 Å². The zero-order chi connectivity index (χ0) is 15.2. The monoisotopic (exact) mass is 312 g/mol. The van der Waals surface area contributed by atoms with E-state index >= 15 is 0 Å². The van der Waals surface area contributed by atoms with Crippen LogP contribution in [0, 0.1) is 0 Å². The summed E-state index contributed by atoms with van der Waals surface area (Å²) in [6.45, 7) is -1.99. The molecule has 0 bridgehead atoms. The van der Waals surface area contributed by atoms with E-state index in [-0.39, 0.29) is 24.6 Å². The molecule has 5 nitrogen and oxygen atoms in total. The average Bonchev–Trinajstić information content (AvgIpc) is 2.36. The molecular formula is C11H15F3N2O3S. The number of hydrogen-bond donors (Lipinski definition) is 2. The van der Waals surface area contributed by atoms with Crippen LogP contribution >= 0.6 is 0 Å². The predicted octanol–water partition coefficient (Wildman–Crippen LogP) is 1.00. The van der Waals surface area contributed by atoms with Crippen molar-refractivity contribution >= 4 is 10.0 Å². The highest BCUT2D eigenvalue weighted by Crippen LogP contribution is 2.15. The van der Waals surface area contributed by atoms with E-state index in [1.165, 1.54) is 12.1 Å². The summed E-state index contributed by atoms with van der Waals surface area (Å²) in [5, 5.41) is 0. The summed E-state index contributed by atoms with van der Waals surface area (Å²) in [6, 6.07) is 6.12. The number of rotatable bonds is 7. The number of halogens is 3. The van der Waals surface area contributed by atoms with Gasteiger partial charge in [0.2, 0.25) is 10.0 Å². The third kappa shape index (κ3) is 5.45. The van der Waals surface area contributed by atoms with Crippen molar-refractivity contribution in [3.8, 4) is 0 Å². The summed E-state index contributed by atoms with van der Waals surface area (Å²) in [6.07, 6.45) is -4.43. The maximum atomic E-state index is 11.9. The van der Waals surface area contributed by atoms with Crippen LogP contribution in [0.5, 0.6) is 0 Å². The molecule has 0 fully saturated rings. The normalized spacial score (nSPS) is 12.6. The summed E-state index contributed by atoms with van der Waals surface area (Å²) in [7, 11) is -3.81. The Bertz CT molecular complexity index is 532. The van der Waals surface area contributed by atoms with Crippen molar-refractivity contribution in [3.05, 3.63) is 29.8 Å². The number of hydrogen-bond acceptors (Lipinski definition) is 4. The zero-order valence-electron chi connectivity index (χ0n) is 10.5. The highest BCUT2D eigenvalue weighted by Gasteiger charge is 2.27. The van der Waals surface area contributed by atoms with Crippen LogP contribution in [0.15, 0.2) is 29.2 Å². The van der Waals surface area contributed by atoms with E-state index in [1.807, 2.05) is 0 Å². The van der Waals surface area contributed by atoms with E-state index in [9.17, 15) is 21.6 Å². The van der Waals surface area contributed by atoms with Gasteiger partial charge >= 0.3 is 6.18 Å². The summed E-state index contributed by atoms with van der Waals surface area (Å²) in [5.74, 6) is 0. The molecule has 1 aromatic rings. The number of alkyl halides is 3. The summed E-state index contributed by atoms with van der Waals surface area (Å²) >= 11 is 0. The van der Waals surface area contributed by atoms with Crippen LogP contribution in [0.25, 0.3) is 0 Å². The third-order valence-corrected chi connectivity index (χ3v) is 3.85. The molecule has 1 rings (SSSR count). The molecule has 0 saturated heterocycles. The first-order valence-corrected chi connectivity index (χ1v) is 7.17. The fraction of sp³-hybridized carbons (Fsp3) is 0.455. The first-order valence-electron chi connectivity index (χ1n) is 5.68. The predicted molar refractivity (Wildman–Crippen MR) is 66.4 cm³/mol. The quantitative estimate of drug-likeness (QED) is 0.736. The van der Waals surface area contributed by atoms with Crippen molar-refractivity contribution in [1.29, 1.82) is 0 Å². The second kappa shape index (κ2) is 7.02. The van der Waals surface area contributed by atoms with Gasteiger partial charge in [0.25, 0.3) is 0 Å². The molecular weight excluding hydrogens is 297 g/mol. The number of nitrogens with one attached hydrogen (secondary N) is 1. The lowest BCUT2D eigenvalue weighted by Crippen LogP contribution is -2.29. The molecule has 0 unspecified atom stereocenters. The van der Waals surface area contributed by atoms with Crippen molar-refractivity contribution in [3.63, 3.8) is 0 Å². The van der Waals surface area contributed by atoms with Gasteiger partial charge in [-0.2, -0.15) is 13.2 Å². The Morgan fingerprint density at radius 3 is 2.50 bits per heavy atom. The van der Waals surface area contributed by atoms with Gasteiger partial charge in [-0.3, -0.25) is 0 Å². The number of benzene rings is 1. The number of ether oxygens (including phenoxy) is 1. The van der Waals surface area contributed by atoms with E-state index < -0.39 is 22.8 Å². The van der Waals surface area contributed by atoms with Crippen LogP contribution in [0.2, 0.25) is 0 Å². The maximum Gasteiger partial charge on any atom is 0.411 e. The molecule has 0 amide bonds. The van der Waals surface area contributed by atoms with E-state index in [1.54, 1.807) is 12.1 Å². The molecule has 114 valence electrons. The van der Waals surface area contributed by atoms with Crippen LogP contribution in [0.3, 0.4) is 0 Å². The molecule has 1 aromatic carbocycles. The van der Waals surface area contributed by atoms with Crippen molar-refractivity contribution in [2.75, 3.05) is 19.8 Å². The van der Waals surface area contributed by atoms with Crippen molar-refractivity contribution in [2.45, 2.75) is 17.6 Å². The molecule has 0 spiro atoms. The smallest absolute Gasteiger partial charge is 0.371 e. The van der Waals surface area contributed by atoms with Gasteiger partial charge in [-0.1, -0.05) is 18.2 Å².